The van der Waals surface area contributed by atoms with Gasteiger partial charge in [-0.15, -0.1) is 5.10 Å². The summed E-state index contributed by atoms with van der Waals surface area (Å²) in [4.78, 5) is 11.1. The molecule has 0 fully saturated rings. The minimum atomic E-state index is -1.12. The molecule has 21 heavy (non-hydrogen) atoms. The number of benzene rings is 1. The number of carboxylic acid groups (broad SMARTS) is 1. The summed E-state index contributed by atoms with van der Waals surface area (Å²) in [7, 11) is 1.50. The fourth-order valence-corrected chi connectivity index (χ4v) is 2.00. The zero-order valence-electron chi connectivity index (χ0n) is 11.9. The highest BCUT2D eigenvalue weighted by atomic mass is 16.5. The van der Waals surface area contributed by atoms with Crippen molar-refractivity contribution in [1.82, 2.24) is 15.0 Å². The largest absolute Gasteiger partial charge is 0.494 e. The molecule has 0 saturated carbocycles. The van der Waals surface area contributed by atoms with Crippen LogP contribution >= 0.6 is 0 Å². The topological polar surface area (TPSA) is 86.5 Å². The van der Waals surface area contributed by atoms with Crippen LogP contribution in [-0.4, -0.2) is 39.8 Å². The van der Waals surface area contributed by atoms with E-state index < -0.39 is 5.97 Å². The van der Waals surface area contributed by atoms with Gasteiger partial charge < -0.3 is 14.6 Å². The van der Waals surface area contributed by atoms with Crippen molar-refractivity contribution in [2.24, 2.45) is 0 Å². The maximum atomic E-state index is 11.1. The molecule has 0 amide bonds. The maximum absolute atomic E-state index is 11.1. The first-order valence-electron chi connectivity index (χ1n) is 6.52. The van der Waals surface area contributed by atoms with Crippen molar-refractivity contribution >= 4 is 5.97 Å². The first-order chi connectivity index (χ1) is 10.2. The number of hydrogen-bond acceptors (Lipinski definition) is 5. The number of methoxy groups -OCH3 is 1. The van der Waals surface area contributed by atoms with Gasteiger partial charge in [-0.2, -0.15) is 0 Å². The third kappa shape index (κ3) is 3.38. The summed E-state index contributed by atoms with van der Waals surface area (Å²) < 4.78 is 12.1. The molecule has 0 aliphatic rings. The standard InChI is InChI=1S/C14H17N3O4/c1-3-21-12-7-5-4-6-10(12)8-17-11(9-20-2)13(14(18)19)15-16-17/h4-7H,3,8-9H2,1-2H3,(H,18,19). The van der Waals surface area contributed by atoms with Crippen molar-refractivity contribution in [1.29, 1.82) is 0 Å². The summed E-state index contributed by atoms with van der Waals surface area (Å²) in [5, 5.41) is 16.7. The van der Waals surface area contributed by atoms with Gasteiger partial charge in [0.25, 0.3) is 0 Å². The van der Waals surface area contributed by atoms with E-state index in [1.807, 2.05) is 31.2 Å². The van der Waals surface area contributed by atoms with Crippen LogP contribution in [0.4, 0.5) is 0 Å². The fraction of sp³-hybridized carbons (Fsp3) is 0.357. The van der Waals surface area contributed by atoms with Gasteiger partial charge >= 0.3 is 5.97 Å². The lowest BCUT2D eigenvalue weighted by Gasteiger charge is -2.11. The molecule has 2 rings (SSSR count). The highest BCUT2D eigenvalue weighted by molar-refractivity contribution is 5.86. The summed E-state index contributed by atoms with van der Waals surface area (Å²) in [6, 6.07) is 7.55. The second kappa shape index (κ2) is 6.85. The molecule has 0 aliphatic heterocycles. The summed E-state index contributed by atoms with van der Waals surface area (Å²) in [5.74, 6) is -0.373. The van der Waals surface area contributed by atoms with E-state index in [1.54, 1.807) is 0 Å². The Morgan fingerprint density at radius 1 is 1.38 bits per heavy atom. The van der Waals surface area contributed by atoms with Crippen LogP contribution in [0.3, 0.4) is 0 Å². The number of carboxylic acids is 1. The van der Waals surface area contributed by atoms with Gasteiger partial charge in [-0.1, -0.05) is 23.4 Å². The molecule has 1 aromatic carbocycles. The molecule has 0 saturated heterocycles. The van der Waals surface area contributed by atoms with E-state index in [2.05, 4.69) is 10.3 Å². The molecule has 0 bridgehead atoms. The van der Waals surface area contributed by atoms with Crippen molar-refractivity contribution in [3.05, 3.63) is 41.2 Å². The van der Waals surface area contributed by atoms with E-state index in [1.165, 1.54) is 11.8 Å². The van der Waals surface area contributed by atoms with Crippen LogP contribution in [0.15, 0.2) is 24.3 Å². The number of para-hydroxylation sites is 1. The number of carbonyl (C=O) groups is 1. The fourth-order valence-electron chi connectivity index (χ4n) is 2.00. The molecular weight excluding hydrogens is 274 g/mol. The summed E-state index contributed by atoms with van der Waals surface area (Å²) in [6.07, 6.45) is 0. The first-order valence-corrected chi connectivity index (χ1v) is 6.52. The van der Waals surface area contributed by atoms with Crippen LogP contribution < -0.4 is 4.74 Å². The molecule has 112 valence electrons. The van der Waals surface area contributed by atoms with Gasteiger partial charge in [0.15, 0.2) is 5.69 Å². The van der Waals surface area contributed by atoms with Gasteiger partial charge in [-0.05, 0) is 13.0 Å². The van der Waals surface area contributed by atoms with E-state index >= 15 is 0 Å². The quantitative estimate of drug-likeness (QED) is 0.833. The Labute approximate surface area is 122 Å². The van der Waals surface area contributed by atoms with E-state index in [0.717, 1.165) is 11.3 Å². The number of aromatic carboxylic acids is 1. The lowest BCUT2D eigenvalue weighted by atomic mass is 10.2. The Hall–Kier alpha value is -2.41. The van der Waals surface area contributed by atoms with Crippen LogP contribution in [0.25, 0.3) is 0 Å². The number of rotatable bonds is 7. The van der Waals surface area contributed by atoms with Crippen LogP contribution in [0.1, 0.15) is 28.7 Å². The molecule has 7 heteroatoms. The highest BCUT2D eigenvalue weighted by Gasteiger charge is 2.19. The molecule has 7 nitrogen and oxygen atoms in total. The number of nitrogens with zero attached hydrogens (tertiary/aromatic N) is 3. The molecule has 1 N–H and O–H groups in total. The Morgan fingerprint density at radius 2 is 2.14 bits per heavy atom. The SMILES string of the molecule is CCOc1ccccc1Cn1nnc(C(=O)O)c1COC. The lowest BCUT2D eigenvalue weighted by Crippen LogP contribution is -2.11. The van der Waals surface area contributed by atoms with Gasteiger partial charge in [0.05, 0.1) is 25.5 Å². The summed E-state index contributed by atoms with van der Waals surface area (Å²) in [5.41, 5.74) is 1.24. The van der Waals surface area contributed by atoms with Crippen LogP contribution in [0.2, 0.25) is 0 Å². The average Bonchev–Trinajstić information content (AvgIpc) is 2.85. The minimum Gasteiger partial charge on any atom is -0.494 e. The van der Waals surface area contributed by atoms with Crippen LogP contribution in [0, 0.1) is 0 Å². The van der Waals surface area contributed by atoms with E-state index in [9.17, 15) is 4.79 Å². The first kappa shape index (κ1) is 15.0. The number of ether oxygens (including phenoxy) is 2. The Morgan fingerprint density at radius 3 is 2.81 bits per heavy atom. The molecule has 0 unspecified atom stereocenters. The number of hydrogen-bond donors (Lipinski definition) is 1. The van der Waals surface area contributed by atoms with Crippen LogP contribution in [0.5, 0.6) is 5.75 Å². The van der Waals surface area contributed by atoms with Gasteiger partial charge in [0, 0.05) is 12.7 Å². The normalized spacial score (nSPS) is 10.6. The lowest BCUT2D eigenvalue weighted by molar-refractivity contribution is 0.0684. The Bertz CT molecular complexity index is 624. The van der Waals surface area contributed by atoms with Gasteiger partial charge in [-0.25, -0.2) is 9.48 Å². The predicted molar refractivity (Wildman–Crippen MR) is 74.4 cm³/mol. The third-order valence-electron chi connectivity index (χ3n) is 2.91. The molecule has 0 aliphatic carbocycles. The van der Waals surface area contributed by atoms with E-state index in [-0.39, 0.29) is 12.3 Å². The molecule has 1 aromatic heterocycles. The molecule has 0 atom stereocenters. The van der Waals surface area contributed by atoms with Crippen molar-refractivity contribution in [2.45, 2.75) is 20.1 Å². The van der Waals surface area contributed by atoms with Gasteiger partial charge in [0.2, 0.25) is 0 Å². The van der Waals surface area contributed by atoms with Crippen molar-refractivity contribution in [3.63, 3.8) is 0 Å². The number of aromatic nitrogens is 3. The highest BCUT2D eigenvalue weighted by Crippen LogP contribution is 2.20. The molecular formula is C14H17N3O4. The smallest absolute Gasteiger partial charge is 0.358 e. The Balaban J connectivity index is 2.33. The zero-order valence-corrected chi connectivity index (χ0v) is 11.9. The van der Waals surface area contributed by atoms with Crippen molar-refractivity contribution in [2.75, 3.05) is 13.7 Å². The second-order valence-corrected chi connectivity index (χ2v) is 4.32. The van der Waals surface area contributed by atoms with Gasteiger partial charge in [-0.3, -0.25) is 0 Å². The molecule has 0 spiro atoms. The van der Waals surface area contributed by atoms with E-state index in [4.69, 9.17) is 14.6 Å². The van der Waals surface area contributed by atoms with Crippen molar-refractivity contribution < 1.29 is 19.4 Å². The summed E-state index contributed by atoms with van der Waals surface area (Å²) >= 11 is 0. The average molecular weight is 291 g/mol. The molecule has 2 aromatic rings. The zero-order chi connectivity index (χ0) is 15.2. The Kier molecular flexibility index (Phi) is 4.89. The van der Waals surface area contributed by atoms with E-state index in [0.29, 0.717) is 18.8 Å². The van der Waals surface area contributed by atoms with Crippen LogP contribution in [-0.2, 0) is 17.9 Å². The van der Waals surface area contributed by atoms with Gasteiger partial charge in [0.1, 0.15) is 5.75 Å². The predicted octanol–water partition coefficient (Wildman–Crippen LogP) is 1.57. The third-order valence-corrected chi connectivity index (χ3v) is 2.91. The second-order valence-electron chi connectivity index (χ2n) is 4.32. The minimum absolute atomic E-state index is 0.0919. The van der Waals surface area contributed by atoms with Crippen molar-refractivity contribution in [3.8, 4) is 5.75 Å². The summed E-state index contributed by atoms with van der Waals surface area (Å²) in [6.45, 7) is 2.96. The molecule has 0 radical (unpaired) electrons. The maximum Gasteiger partial charge on any atom is 0.358 e. The molecule has 1 heterocycles. The monoisotopic (exact) mass is 291 g/mol.